The number of hydrogen-bond donors (Lipinski definition) is 4. The summed E-state index contributed by atoms with van der Waals surface area (Å²) in [4.78, 5) is 22.6. The lowest BCUT2D eigenvalue weighted by Crippen LogP contribution is -2.20. The largest absolute Gasteiger partial charge is 0.476 e. The molecule has 4 N–H and O–H groups in total. The Labute approximate surface area is 235 Å². The molecule has 0 amide bonds. The van der Waals surface area contributed by atoms with Gasteiger partial charge in [-0.2, -0.15) is 0 Å². The number of aromatic carboxylic acids is 2. The zero-order chi connectivity index (χ0) is 28.3. The molecular weight excluding hydrogens is 528 g/mol. The molecule has 2 saturated carbocycles. The van der Waals surface area contributed by atoms with Crippen LogP contribution in [0.2, 0.25) is 0 Å². The highest BCUT2D eigenvalue weighted by Crippen LogP contribution is 2.49. The van der Waals surface area contributed by atoms with E-state index in [9.17, 15) is 19.8 Å². The Kier molecular flexibility index (Phi) is 7.36. The van der Waals surface area contributed by atoms with E-state index in [1.165, 1.54) is 30.4 Å². The Morgan fingerprint density at radius 3 is 1.98 bits per heavy atom. The van der Waals surface area contributed by atoms with Crippen molar-refractivity contribution in [2.75, 3.05) is 0 Å². The van der Waals surface area contributed by atoms with E-state index in [0.29, 0.717) is 35.2 Å². The zero-order valence-electron chi connectivity index (χ0n) is 22.2. The SMILES string of the molecule is O=C(O)c1nn[nH]c1Oc1ccc(C2CCCC(C3CCC(c4cccc(Oc5[nH]nnc5C(=O)O)c4)C3)C2)cc1. The van der Waals surface area contributed by atoms with Crippen molar-refractivity contribution in [3.8, 4) is 23.3 Å². The van der Waals surface area contributed by atoms with Crippen molar-refractivity contribution in [2.45, 2.75) is 56.8 Å². The topological polar surface area (TPSA) is 176 Å². The summed E-state index contributed by atoms with van der Waals surface area (Å²) >= 11 is 0. The van der Waals surface area contributed by atoms with Gasteiger partial charge in [-0.25, -0.2) is 19.8 Å². The van der Waals surface area contributed by atoms with Gasteiger partial charge in [-0.1, -0.05) is 47.5 Å². The van der Waals surface area contributed by atoms with Crippen molar-refractivity contribution in [1.82, 2.24) is 30.8 Å². The molecular formula is C29H30N6O6. The van der Waals surface area contributed by atoms with Crippen LogP contribution in [0.1, 0.15) is 88.9 Å². The molecule has 4 atom stereocenters. The van der Waals surface area contributed by atoms with Crippen molar-refractivity contribution >= 4 is 11.9 Å². The number of aromatic nitrogens is 6. The highest BCUT2D eigenvalue weighted by atomic mass is 16.5. The van der Waals surface area contributed by atoms with E-state index in [0.717, 1.165) is 25.7 Å². The number of aromatic amines is 2. The highest BCUT2D eigenvalue weighted by Gasteiger charge is 2.35. The molecule has 2 aliphatic carbocycles. The van der Waals surface area contributed by atoms with E-state index in [4.69, 9.17) is 9.47 Å². The summed E-state index contributed by atoms with van der Waals surface area (Å²) in [6.45, 7) is 0. The van der Waals surface area contributed by atoms with Crippen LogP contribution in [0, 0.1) is 11.8 Å². The second-order valence-electron chi connectivity index (χ2n) is 10.8. The number of carbonyl (C=O) groups is 2. The molecule has 0 bridgehead atoms. The minimum Gasteiger partial charge on any atom is -0.476 e. The predicted molar refractivity (Wildman–Crippen MR) is 144 cm³/mol. The minimum absolute atomic E-state index is 0.0131. The minimum atomic E-state index is -1.20. The second kappa shape index (κ2) is 11.4. The number of carboxylic acid groups (broad SMARTS) is 2. The van der Waals surface area contributed by atoms with Crippen molar-refractivity contribution < 1.29 is 29.3 Å². The molecule has 0 aliphatic heterocycles. The molecule has 2 heterocycles. The molecule has 0 saturated heterocycles. The quantitative estimate of drug-likeness (QED) is 0.197. The number of rotatable bonds is 9. The molecule has 6 rings (SSSR count). The maximum atomic E-state index is 11.3. The van der Waals surface area contributed by atoms with Crippen LogP contribution in [0.4, 0.5) is 0 Å². The van der Waals surface area contributed by atoms with Gasteiger partial charge in [0.25, 0.3) is 11.8 Å². The monoisotopic (exact) mass is 558 g/mol. The normalized spacial score (nSPS) is 22.3. The van der Waals surface area contributed by atoms with Gasteiger partial charge in [0.15, 0.2) is 0 Å². The molecule has 0 spiro atoms. The molecule has 12 heteroatoms. The van der Waals surface area contributed by atoms with Crippen LogP contribution in [0.5, 0.6) is 23.3 Å². The van der Waals surface area contributed by atoms with Gasteiger partial charge in [0.1, 0.15) is 11.5 Å². The maximum absolute atomic E-state index is 11.3. The van der Waals surface area contributed by atoms with Crippen LogP contribution < -0.4 is 9.47 Å². The van der Waals surface area contributed by atoms with Crippen LogP contribution in [-0.2, 0) is 0 Å². The Bertz CT molecular complexity index is 1530. The van der Waals surface area contributed by atoms with Gasteiger partial charge >= 0.3 is 11.9 Å². The fourth-order valence-corrected chi connectivity index (χ4v) is 6.44. The van der Waals surface area contributed by atoms with Gasteiger partial charge in [0.2, 0.25) is 11.4 Å². The number of nitrogens with one attached hydrogen (secondary N) is 2. The number of benzene rings is 2. The lowest BCUT2D eigenvalue weighted by atomic mass is 9.72. The number of H-pyrrole nitrogens is 2. The standard InChI is InChI=1S/C29H30N6O6/c36-28(37)24-26(32-34-30-24)40-22-11-9-16(10-12-22)17-3-1-4-18(13-17)20-7-8-21(14-20)19-5-2-6-23(15-19)41-27-25(29(38)39)31-35-33-27/h2,5-6,9-12,15,17-18,20-21H,1,3-4,7-8,13-14H2,(H,36,37)(H,38,39)(H,30,32,34)(H,31,33,35). The molecule has 4 aromatic rings. The number of nitrogens with zero attached hydrogens (tertiary/aromatic N) is 4. The number of hydrogen-bond acceptors (Lipinski definition) is 8. The average molecular weight is 559 g/mol. The van der Waals surface area contributed by atoms with Crippen LogP contribution in [0.25, 0.3) is 0 Å². The molecule has 12 nitrogen and oxygen atoms in total. The molecule has 0 radical (unpaired) electrons. The molecule has 2 aromatic heterocycles. The van der Waals surface area contributed by atoms with Crippen LogP contribution in [0.3, 0.4) is 0 Å². The first-order valence-corrected chi connectivity index (χ1v) is 13.8. The van der Waals surface area contributed by atoms with Gasteiger partial charge in [0.05, 0.1) is 0 Å². The summed E-state index contributed by atoms with van der Waals surface area (Å²) in [5.74, 6) is 0.976. The fraction of sp³-hybridized carbons (Fsp3) is 0.379. The summed E-state index contributed by atoms with van der Waals surface area (Å²) in [7, 11) is 0. The van der Waals surface area contributed by atoms with Gasteiger partial charge in [-0.05, 0) is 91.2 Å². The van der Waals surface area contributed by atoms with Crippen molar-refractivity contribution in [3.05, 3.63) is 71.0 Å². The second-order valence-corrected chi connectivity index (χ2v) is 10.8. The van der Waals surface area contributed by atoms with Gasteiger partial charge in [-0.3, -0.25) is 0 Å². The Morgan fingerprint density at radius 2 is 1.32 bits per heavy atom. The third-order valence-corrected chi connectivity index (χ3v) is 8.41. The molecule has 212 valence electrons. The van der Waals surface area contributed by atoms with Gasteiger partial charge in [-0.15, -0.1) is 10.2 Å². The third kappa shape index (κ3) is 5.76. The first-order chi connectivity index (χ1) is 19.9. The first-order valence-electron chi connectivity index (χ1n) is 13.8. The summed E-state index contributed by atoms with van der Waals surface area (Å²) in [6.07, 6.45) is 8.19. The Hall–Kier alpha value is -4.74. The van der Waals surface area contributed by atoms with E-state index >= 15 is 0 Å². The lowest BCUT2D eigenvalue weighted by molar-refractivity contribution is 0.0676. The van der Waals surface area contributed by atoms with E-state index in [-0.39, 0.29) is 23.1 Å². The van der Waals surface area contributed by atoms with E-state index < -0.39 is 11.9 Å². The van der Waals surface area contributed by atoms with Crippen molar-refractivity contribution in [3.63, 3.8) is 0 Å². The number of carboxylic acids is 2. The van der Waals surface area contributed by atoms with Gasteiger partial charge in [0, 0.05) is 0 Å². The van der Waals surface area contributed by atoms with Crippen molar-refractivity contribution in [2.24, 2.45) is 11.8 Å². The smallest absolute Gasteiger partial charge is 0.362 e. The van der Waals surface area contributed by atoms with Crippen molar-refractivity contribution in [1.29, 1.82) is 0 Å². The van der Waals surface area contributed by atoms with E-state index in [1.807, 2.05) is 24.3 Å². The first kappa shape index (κ1) is 26.5. The Balaban J connectivity index is 1.07. The average Bonchev–Trinajstić information content (AvgIpc) is 3.75. The third-order valence-electron chi connectivity index (χ3n) is 8.41. The molecule has 4 unspecified atom stereocenters. The number of ether oxygens (including phenoxy) is 2. The Morgan fingerprint density at radius 1 is 0.707 bits per heavy atom. The van der Waals surface area contributed by atoms with Crippen LogP contribution in [-0.4, -0.2) is 53.0 Å². The maximum Gasteiger partial charge on any atom is 0.362 e. The fourth-order valence-electron chi connectivity index (χ4n) is 6.44. The molecule has 41 heavy (non-hydrogen) atoms. The van der Waals surface area contributed by atoms with Gasteiger partial charge < -0.3 is 19.7 Å². The zero-order valence-corrected chi connectivity index (χ0v) is 22.2. The lowest BCUT2D eigenvalue weighted by Gasteiger charge is -2.33. The van der Waals surface area contributed by atoms with E-state index in [1.54, 1.807) is 6.07 Å². The summed E-state index contributed by atoms with van der Waals surface area (Å²) in [5.41, 5.74) is 1.99. The van der Waals surface area contributed by atoms with Crippen LogP contribution >= 0.6 is 0 Å². The molecule has 2 aliphatic rings. The summed E-state index contributed by atoms with van der Waals surface area (Å²) < 4.78 is 11.4. The molecule has 2 aromatic carbocycles. The highest BCUT2D eigenvalue weighted by molar-refractivity contribution is 5.88. The van der Waals surface area contributed by atoms with Crippen LogP contribution in [0.15, 0.2) is 48.5 Å². The predicted octanol–water partition coefficient (Wildman–Crippen LogP) is 5.76. The molecule has 2 fully saturated rings. The summed E-state index contributed by atoms with van der Waals surface area (Å²) in [5, 5.41) is 37.6. The van der Waals surface area contributed by atoms with E-state index in [2.05, 4.69) is 49.0 Å². The summed E-state index contributed by atoms with van der Waals surface area (Å²) in [6, 6.07) is 15.7.